The number of ether oxygens (including phenoxy) is 1. The summed E-state index contributed by atoms with van der Waals surface area (Å²) in [4.78, 5) is 12.0. The fourth-order valence-electron chi connectivity index (χ4n) is 2.21. The average molecular weight is 445 g/mol. The van der Waals surface area contributed by atoms with Crippen molar-refractivity contribution in [1.82, 2.24) is 0 Å². The van der Waals surface area contributed by atoms with Crippen LogP contribution < -0.4 is 10.1 Å². The normalized spacial score (nSPS) is 10.8. The van der Waals surface area contributed by atoms with Crippen molar-refractivity contribution in [3.63, 3.8) is 0 Å². The summed E-state index contributed by atoms with van der Waals surface area (Å²) in [5.41, 5.74) is 1.88. The van der Waals surface area contributed by atoms with E-state index >= 15 is 0 Å². The number of hydrogen-bond acceptors (Lipinski definition) is 2. The van der Waals surface area contributed by atoms with Crippen LogP contribution in [0.1, 0.15) is 38.2 Å². The molecule has 1 amide bonds. The van der Waals surface area contributed by atoms with Crippen LogP contribution >= 0.6 is 39.1 Å². The average Bonchev–Trinajstić information content (AvgIpc) is 2.56. The highest BCUT2D eigenvalue weighted by Gasteiger charge is 2.07. The van der Waals surface area contributed by atoms with Crippen LogP contribution in [-0.4, -0.2) is 12.5 Å². The molecule has 0 bridgehead atoms. The van der Waals surface area contributed by atoms with E-state index in [9.17, 15) is 4.79 Å². The Labute approximate surface area is 166 Å². The number of anilines is 1. The van der Waals surface area contributed by atoms with E-state index in [-0.39, 0.29) is 5.91 Å². The Morgan fingerprint density at radius 3 is 2.56 bits per heavy atom. The van der Waals surface area contributed by atoms with Gasteiger partial charge in [0.15, 0.2) is 0 Å². The summed E-state index contributed by atoms with van der Waals surface area (Å²) in [6.45, 7) is 4.76. The standard InChI is InChI=1S/C19H20BrCl2NO2/c1-12(2)13-5-8-18(15(20)10-13)25-9-3-4-19(24)23-14-6-7-16(21)17(22)11-14/h5-8,10-12H,3-4,9H2,1-2H3,(H,23,24). The summed E-state index contributed by atoms with van der Waals surface area (Å²) in [6, 6.07) is 11.1. The maximum absolute atomic E-state index is 12.0. The van der Waals surface area contributed by atoms with Crippen molar-refractivity contribution in [2.45, 2.75) is 32.6 Å². The maximum Gasteiger partial charge on any atom is 0.224 e. The summed E-state index contributed by atoms with van der Waals surface area (Å²) >= 11 is 15.3. The summed E-state index contributed by atoms with van der Waals surface area (Å²) < 4.78 is 6.67. The third-order valence-corrected chi connectivity index (χ3v) is 4.99. The van der Waals surface area contributed by atoms with Gasteiger partial charge >= 0.3 is 0 Å². The molecule has 0 fully saturated rings. The van der Waals surface area contributed by atoms with E-state index in [4.69, 9.17) is 27.9 Å². The zero-order valence-corrected chi connectivity index (χ0v) is 17.2. The lowest BCUT2D eigenvalue weighted by Gasteiger charge is -2.11. The van der Waals surface area contributed by atoms with E-state index in [1.165, 1.54) is 5.56 Å². The Kier molecular flexibility index (Phi) is 7.60. The quantitative estimate of drug-likeness (QED) is 0.483. The lowest BCUT2D eigenvalue weighted by Crippen LogP contribution is -2.12. The number of nitrogens with one attached hydrogen (secondary N) is 1. The van der Waals surface area contributed by atoms with Crippen molar-refractivity contribution in [1.29, 1.82) is 0 Å². The minimum Gasteiger partial charge on any atom is -0.492 e. The molecule has 3 nitrogen and oxygen atoms in total. The van der Waals surface area contributed by atoms with Gasteiger partial charge in [-0.15, -0.1) is 0 Å². The SMILES string of the molecule is CC(C)c1ccc(OCCCC(=O)Nc2ccc(Cl)c(Cl)c2)c(Br)c1. The number of hydrogen-bond donors (Lipinski definition) is 1. The third-order valence-electron chi connectivity index (χ3n) is 3.63. The molecule has 0 unspecified atom stereocenters. The molecular weight excluding hydrogens is 425 g/mol. The fourth-order valence-corrected chi connectivity index (χ4v) is 3.01. The molecule has 134 valence electrons. The first-order valence-corrected chi connectivity index (χ1v) is 9.59. The molecule has 0 heterocycles. The van der Waals surface area contributed by atoms with Crippen molar-refractivity contribution in [3.8, 4) is 5.75 Å². The lowest BCUT2D eigenvalue weighted by atomic mass is 10.0. The van der Waals surface area contributed by atoms with E-state index in [2.05, 4.69) is 47.2 Å². The van der Waals surface area contributed by atoms with Crippen LogP contribution in [0.3, 0.4) is 0 Å². The Balaban J connectivity index is 1.77. The molecular formula is C19H20BrCl2NO2. The molecule has 0 spiro atoms. The predicted octanol–water partition coefficient (Wildman–Crippen LogP) is 6.68. The monoisotopic (exact) mass is 443 g/mol. The molecule has 0 radical (unpaired) electrons. The highest BCUT2D eigenvalue weighted by Crippen LogP contribution is 2.29. The van der Waals surface area contributed by atoms with Crippen molar-refractivity contribution < 1.29 is 9.53 Å². The van der Waals surface area contributed by atoms with Crippen LogP contribution in [0.4, 0.5) is 5.69 Å². The third kappa shape index (κ3) is 6.21. The summed E-state index contributed by atoms with van der Waals surface area (Å²) in [7, 11) is 0. The number of rotatable bonds is 7. The van der Waals surface area contributed by atoms with Gasteiger partial charge < -0.3 is 10.1 Å². The lowest BCUT2D eigenvalue weighted by molar-refractivity contribution is -0.116. The molecule has 25 heavy (non-hydrogen) atoms. The van der Waals surface area contributed by atoms with E-state index < -0.39 is 0 Å². The van der Waals surface area contributed by atoms with Crippen molar-refractivity contribution in [2.24, 2.45) is 0 Å². The Morgan fingerprint density at radius 2 is 1.92 bits per heavy atom. The van der Waals surface area contributed by atoms with Gasteiger partial charge in [0, 0.05) is 12.1 Å². The molecule has 0 atom stereocenters. The first kappa shape index (κ1) is 20.1. The Bertz CT molecular complexity index is 750. The molecule has 0 saturated heterocycles. The van der Waals surface area contributed by atoms with Crippen molar-refractivity contribution in [3.05, 3.63) is 56.5 Å². The number of amides is 1. The predicted molar refractivity (Wildman–Crippen MR) is 108 cm³/mol. The van der Waals surface area contributed by atoms with E-state index in [1.54, 1.807) is 18.2 Å². The Morgan fingerprint density at radius 1 is 1.16 bits per heavy atom. The zero-order chi connectivity index (χ0) is 18.4. The first-order chi connectivity index (χ1) is 11.9. The minimum atomic E-state index is -0.0868. The molecule has 0 aliphatic heterocycles. The summed E-state index contributed by atoms with van der Waals surface area (Å²) in [5.74, 6) is 1.17. The Hall–Kier alpha value is -1.23. The number of carbonyl (C=O) groups is 1. The molecule has 6 heteroatoms. The van der Waals surface area contributed by atoms with Gasteiger partial charge in [-0.2, -0.15) is 0 Å². The topological polar surface area (TPSA) is 38.3 Å². The van der Waals surface area contributed by atoms with Crippen LogP contribution in [0.15, 0.2) is 40.9 Å². The van der Waals surface area contributed by atoms with Gasteiger partial charge in [-0.25, -0.2) is 0 Å². The molecule has 0 saturated carbocycles. The van der Waals surface area contributed by atoms with Gasteiger partial charge in [-0.3, -0.25) is 4.79 Å². The van der Waals surface area contributed by atoms with Gasteiger partial charge in [-0.05, 0) is 64.2 Å². The molecule has 2 aromatic carbocycles. The van der Waals surface area contributed by atoms with Crippen LogP contribution in [0.5, 0.6) is 5.75 Å². The largest absolute Gasteiger partial charge is 0.492 e. The molecule has 0 aliphatic rings. The number of halogens is 3. The second kappa shape index (κ2) is 9.46. The smallest absolute Gasteiger partial charge is 0.224 e. The van der Waals surface area contributed by atoms with Crippen LogP contribution in [0.25, 0.3) is 0 Å². The maximum atomic E-state index is 12.0. The van der Waals surface area contributed by atoms with Gasteiger partial charge in [0.05, 0.1) is 21.1 Å². The van der Waals surface area contributed by atoms with Gasteiger partial charge in [0.25, 0.3) is 0 Å². The second-order valence-corrected chi connectivity index (χ2v) is 7.64. The molecule has 0 aliphatic carbocycles. The highest BCUT2D eigenvalue weighted by molar-refractivity contribution is 9.10. The molecule has 0 aromatic heterocycles. The summed E-state index contributed by atoms with van der Waals surface area (Å²) in [6.07, 6.45) is 0.980. The highest BCUT2D eigenvalue weighted by atomic mass is 79.9. The van der Waals surface area contributed by atoms with E-state index in [0.29, 0.717) is 41.1 Å². The van der Waals surface area contributed by atoms with Gasteiger partial charge in [0.1, 0.15) is 5.75 Å². The summed E-state index contributed by atoms with van der Waals surface area (Å²) in [5, 5.41) is 3.67. The fraction of sp³-hybridized carbons (Fsp3) is 0.316. The van der Waals surface area contributed by atoms with Crippen LogP contribution in [-0.2, 0) is 4.79 Å². The molecule has 2 aromatic rings. The first-order valence-electron chi connectivity index (χ1n) is 8.04. The van der Waals surface area contributed by atoms with E-state index in [0.717, 1.165) is 10.2 Å². The van der Waals surface area contributed by atoms with Crippen molar-refractivity contribution in [2.75, 3.05) is 11.9 Å². The van der Waals surface area contributed by atoms with Crippen LogP contribution in [0, 0.1) is 0 Å². The van der Waals surface area contributed by atoms with E-state index in [1.807, 2.05) is 6.07 Å². The number of benzene rings is 2. The van der Waals surface area contributed by atoms with Crippen molar-refractivity contribution >= 4 is 50.7 Å². The molecule has 2 rings (SSSR count). The second-order valence-electron chi connectivity index (χ2n) is 5.97. The van der Waals surface area contributed by atoms with Gasteiger partial charge in [0.2, 0.25) is 5.91 Å². The van der Waals surface area contributed by atoms with Crippen LogP contribution in [0.2, 0.25) is 10.0 Å². The minimum absolute atomic E-state index is 0.0868. The van der Waals surface area contributed by atoms with Gasteiger partial charge in [-0.1, -0.05) is 43.1 Å². The molecule has 1 N–H and O–H groups in total. The zero-order valence-electron chi connectivity index (χ0n) is 14.1. The number of carbonyl (C=O) groups excluding carboxylic acids is 1.